The van der Waals surface area contributed by atoms with Crippen molar-refractivity contribution in [3.05, 3.63) is 71.3 Å². The third-order valence-electron chi connectivity index (χ3n) is 3.14. The van der Waals surface area contributed by atoms with Crippen molar-refractivity contribution in [3.63, 3.8) is 0 Å². The molecule has 0 aromatic heterocycles. The first-order valence-corrected chi connectivity index (χ1v) is 6.45. The molecule has 0 spiro atoms. The number of hydrogen-bond acceptors (Lipinski definition) is 3. The fourth-order valence-corrected chi connectivity index (χ4v) is 1.93. The lowest BCUT2D eigenvalue weighted by molar-refractivity contribution is -0.103. The zero-order valence-corrected chi connectivity index (χ0v) is 11.1. The van der Waals surface area contributed by atoms with Crippen LogP contribution in [0.5, 0.6) is 5.75 Å². The van der Waals surface area contributed by atoms with E-state index in [1.54, 1.807) is 24.3 Å². The van der Waals surface area contributed by atoms with Crippen molar-refractivity contribution in [2.75, 3.05) is 0 Å². The van der Waals surface area contributed by atoms with E-state index in [0.29, 0.717) is 18.5 Å². The molecular formula is C17H17NO2. The molecule has 0 unspecified atom stereocenters. The average Bonchev–Trinajstić information content (AvgIpc) is 2.50. The Bertz CT molecular complexity index is 598. The van der Waals surface area contributed by atoms with E-state index in [1.165, 1.54) is 0 Å². The molecule has 3 nitrogen and oxygen atoms in total. The summed E-state index contributed by atoms with van der Waals surface area (Å²) in [6, 6.07) is 14.6. The number of aldehydes is 1. The van der Waals surface area contributed by atoms with Crippen LogP contribution in [0.15, 0.2) is 54.6 Å². The minimum Gasteiger partial charge on any atom is -0.508 e. The topological polar surface area (TPSA) is 63.3 Å². The van der Waals surface area contributed by atoms with Crippen molar-refractivity contribution in [3.8, 4) is 5.75 Å². The van der Waals surface area contributed by atoms with Gasteiger partial charge in [-0.15, -0.1) is 0 Å². The molecule has 20 heavy (non-hydrogen) atoms. The SMILES string of the molecule is NCc1ccc(CC=C(C=O)c2ccc(O)cc2)cc1. The summed E-state index contributed by atoms with van der Waals surface area (Å²) < 4.78 is 0. The number of hydrogen-bond donors (Lipinski definition) is 2. The Morgan fingerprint density at radius 3 is 2.15 bits per heavy atom. The first kappa shape index (κ1) is 14.0. The first-order chi connectivity index (χ1) is 9.72. The smallest absolute Gasteiger partial charge is 0.150 e. The normalized spacial score (nSPS) is 11.3. The van der Waals surface area contributed by atoms with E-state index in [0.717, 1.165) is 23.0 Å². The quantitative estimate of drug-likeness (QED) is 0.646. The second-order valence-electron chi connectivity index (χ2n) is 4.55. The van der Waals surface area contributed by atoms with Gasteiger partial charge in [0.15, 0.2) is 0 Å². The maximum atomic E-state index is 11.2. The van der Waals surface area contributed by atoms with Gasteiger partial charge in [0.25, 0.3) is 0 Å². The number of nitrogens with two attached hydrogens (primary N) is 1. The predicted molar refractivity (Wildman–Crippen MR) is 80.2 cm³/mol. The van der Waals surface area contributed by atoms with Gasteiger partial charge < -0.3 is 10.8 Å². The number of allylic oxidation sites excluding steroid dienone is 2. The van der Waals surface area contributed by atoms with Crippen molar-refractivity contribution in [2.24, 2.45) is 5.73 Å². The maximum Gasteiger partial charge on any atom is 0.150 e. The summed E-state index contributed by atoms with van der Waals surface area (Å²) in [5.74, 6) is 0.191. The number of carbonyl (C=O) groups excluding carboxylic acids is 1. The summed E-state index contributed by atoms with van der Waals surface area (Å²) in [7, 11) is 0. The Hall–Kier alpha value is -2.39. The Kier molecular flexibility index (Phi) is 4.69. The summed E-state index contributed by atoms with van der Waals surface area (Å²) in [6.07, 6.45) is 3.40. The third-order valence-corrected chi connectivity index (χ3v) is 3.14. The molecule has 2 aromatic rings. The van der Waals surface area contributed by atoms with E-state index in [-0.39, 0.29) is 5.75 Å². The van der Waals surface area contributed by atoms with Crippen molar-refractivity contribution in [2.45, 2.75) is 13.0 Å². The molecule has 0 atom stereocenters. The van der Waals surface area contributed by atoms with Crippen LogP contribution in [0.1, 0.15) is 16.7 Å². The Morgan fingerprint density at radius 1 is 1.00 bits per heavy atom. The highest BCUT2D eigenvalue weighted by Gasteiger charge is 2.00. The monoisotopic (exact) mass is 267 g/mol. The van der Waals surface area contributed by atoms with Gasteiger partial charge in [-0.1, -0.05) is 42.5 Å². The molecule has 0 fully saturated rings. The van der Waals surface area contributed by atoms with E-state index < -0.39 is 0 Å². The highest BCUT2D eigenvalue weighted by Crippen LogP contribution is 2.17. The van der Waals surface area contributed by atoms with Gasteiger partial charge in [0, 0.05) is 12.1 Å². The molecule has 0 bridgehead atoms. The number of benzene rings is 2. The van der Waals surface area contributed by atoms with E-state index in [9.17, 15) is 9.90 Å². The van der Waals surface area contributed by atoms with Crippen LogP contribution >= 0.6 is 0 Å². The molecule has 0 radical (unpaired) electrons. The molecule has 0 saturated carbocycles. The number of phenols is 1. The molecule has 0 aliphatic heterocycles. The van der Waals surface area contributed by atoms with Crippen molar-refractivity contribution in [1.82, 2.24) is 0 Å². The van der Waals surface area contributed by atoms with E-state index in [4.69, 9.17) is 5.73 Å². The van der Waals surface area contributed by atoms with Gasteiger partial charge in [-0.2, -0.15) is 0 Å². The van der Waals surface area contributed by atoms with Gasteiger partial charge in [-0.05, 0) is 35.2 Å². The second-order valence-corrected chi connectivity index (χ2v) is 4.55. The molecule has 0 aliphatic carbocycles. The van der Waals surface area contributed by atoms with Crippen LogP contribution < -0.4 is 5.73 Å². The molecule has 2 aromatic carbocycles. The van der Waals surface area contributed by atoms with Crippen LogP contribution in [-0.2, 0) is 17.8 Å². The van der Waals surface area contributed by atoms with Gasteiger partial charge in [-0.25, -0.2) is 0 Å². The molecule has 3 N–H and O–H groups in total. The average molecular weight is 267 g/mol. The van der Waals surface area contributed by atoms with Crippen LogP contribution in [0, 0.1) is 0 Å². The minimum atomic E-state index is 0.191. The Balaban J connectivity index is 2.14. The summed E-state index contributed by atoms with van der Waals surface area (Å²) in [6.45, 7) is 0.531. The zero-order valence-electron chi connectivity index (χ0n) is 11.1. The number of rotatable bonds is 5. The predicted octanol–water partition coefficient (Wildman–Crippen LogP) is 2.68. The second kappa shape index (κ2) is 6.68. The van der Waals surface area contributed by atoms with Crippen molar-refractivity contribution < 1.29 is 9.90 Å². The Morgan fingerprint density at radius 2 is 1.60 bits per heavy atom. The lowest BCUT2D eigenvalue weighted by atomic mass is 10.0. The Labute approximate surface area is 118 Å². The lowest BCUT2D eigenvalue weighted by Crippen LogP contribution is -1.96. The summed E-state index contributed by atoms with van der Waals surface area (Å²) in [5, 5.41) is 9.25. The number of phenolic OH excluding ortho intramolecular Hbond substituents is 1. The standard InChI is InChI=1S/C17H17NO2/c18-11-14-3-1-13(2-4-14)5-6-16(12-19)15-7-9-17(20)10-8-15/h1-4,6-10,12,20H,5,11,18H2. The molecular weight excluding hydrogens is 250 g/mol. The largest absolute Gasteiger partial charge is 0.508 e. The molecule has 0 heterocycles. The highest BCUT2D eigenvalue weighted by atomic mass is 16.3. The van der Waals surface area contributed by atoms with Gasteiger partial charge in [0.1, 0.15) is 12.0 Å². The van der Waals surface area contributed by atoms with Crippen LogP contribution in [0.25, 0.3) is 5.57 Å². The molecule has 0 saturated heterocycles. The molecule has 3 heteroatoms. The van der Waals surface area contributed by atoms with Crippen LogP contribution in [0.4, 0.5) is 0 Å². The number of carbonyl (C=O) groups is 1. The minimum absolute atomic E-state index is 0.191. The van der Waals surface area contributed by atoms with Crippen molar-refractivity contribution >= 4 is 11.9 Å². The first-order valence-electron chi connectivity index (χ1n) is 6.45. The molecule has 0 amide bonds. The van der Waals surface area contributed by atoms with E-state index in [2.05, 4.69) is 0 Å². The highest BCUT2D eigenvalue weighted by molar-refractivity contribution is 6.06. The molecule has 2 rings (SSSR count). The number of aromatic hydroxyl groups is 1. The fourth-order valence-electron chi connectivity index (χ4n) is 1.93. The summed E-state index contributed by atoms with van der Waals surface area (Å²) in [5.41, 5.74) is 9.19. The molecule has 102 valence electrons. The lowest BCUT2D eigenvalue weighted by Gasteiger charge is -2.03. The zero-order chi connectivity index (χ0) is 14.4. The van der Waals surface area contributed by atoms with Crippen LogP contribution in [0.3, 0.4) is 0 Å². The van der Waals surface area contributed by atoms with Gasteiger partial charge in [-0.3, -0.25) is 4.79 Å². The van der Waals surface area contributed by atoms with Gasteiger partial charge in [0.05, 0.1) is 0 Å². The maximum absolute atomic E-state index is 11.2. The van der Waals surface area contributed by atoms with E-state index in [1.807, 2.05) is 30.3 Å². The summed E-state index contributed by atoms with van der Waals surface area (Å²) in [4.78, 5) is 11.2. The van der Waals surface area contributed by atoms with Crippen molar-refractivity contribution in [1.29, 1.82) is 0 Å². The van der Waals surface area contributed by atoms with Gasteiger partial charge >= 0.3 is 0 Å². The van der Waals surface area contributed by atoms with Crippen LogP contribution in [-0.4, -0.2) is 11.4 Å². The summed E-state index contributed by atoms with van der Waals surface area (Å²) >= 11 is 0. The third kappa shape index (κ3) is 3.56. The van der Waals surface area contributed by atoms with E-state index >= 15 is 0 Å². The molecule has 0 aliphatic rings. The fraction of sp³-hybridized carbons (Fsp3) is 0.118. The van der Waals surface area contributed by atoms with Crippen LogP contribution in [0.2, 0.25) is 0 Å². The van der Waals surface area contributed by atoms with Gasteiger partial charge in [0.2, 0.25) is 0 Å².